The van der Waals surface area contributed by atoms with E-state index in [0.717, 1.165) is 24.4 Å². The molecule has 120 valence electrons. The first-order valence-electron chi connectivity index (χ1n) is 7.12. The van der Waals surface area contributed by atoms with Gasteiger partial charge in [0.1, 0.15) is 0 Å². The third-order valence-corrected chi connectivity index (χ3v) is 8.62. The normalized spacial score (nSPS) is 12.6. The van der Waals surface area contributed by atoms with Gasteiger partial charge in [0.2, 0.25) is 7.01 Å². The fourth-order valence-corrected chi connectivity index (χ4v) is 5.98. The number of halogens is 1. The van der Waals surface area contributed by atoms with Crippen molar-refractivity contribution in [3.8, 4) is 0 Å². The zero-order chi connectivity index (χ0) is 15.9. The zero-order valence-corrected chi connectivity index (χ0v) is 16.7. The maximum atomic E-state index is 11.4. The quantitative estimate of drug-likeness (QED) is 0.331. The third-order valence-electron chi connectivity index (χ3n) is 3.20. The molecule has 0 atom stereocenters. The van der Waals surface area contributed by atoms with E-state index in [1.807, 2.05) is 26.0 Å². The molecule has 1 aromatic rings. The van der Waals surface area contributed by atoms with Crippen LogP contribution in [-0.2, 0) is 22.3 Å². The van der Waals surface area contributed by atoms with E-state index in [9.17, 15) is 8.42 Å². The number of rotatable bonds is 9. The van der Waals surface area contributed by atoms with Gasteiger partial charge in [-0.25, -0.2) is 8.42 Å². The van der Waals surface area contributed by atoms with Gasteiger partial charge in [0.15, 0.2) is 0 Å². The smallest absolute Gasteiger partial charge is 0.334 e. The van der Waals surface area contributed by atoms with Crippen molar-refractivity contribution in [3.05, 3.63) is 29.8 Å². The van der Waals surface area contributed by atoms with Crippen molar-refractivity contribution in [3.63, 3.8) is 0 Å². The molecule has 4 nitrogen and oxygen atoms in total. The van der Waals surface area contributed by atoms with E-state index in [-0.39, 0.29) is 0 Å². The van der Waals surface area contributed by atoms with Gasteiger partial charge in [-0.3, -0.25) is 0 Å². The molecule has 1 rings (SSSR count). The Morgan fingerprint density at radius 2 is 1.62 bits per heavy atom. The fraction of sp³-hybridized carbons (Fsp3) is 0.571. The molecule has 0 aliphatic heterocycles. The van der Waals surface area contributed by atoms with Gasteiger partial charge in [0.25, 0.3) is 0 Å². The second-order valence-corrected chi connectivity index (χ2v) is 13.1. The Labute approximate surface area is 141 Å². The molecule has 0 spiro atoms. The molecule has 0 unspecified atom stereocenters. The average Bonchev–Trinajstić information content (AvgIpc) is 2.39. The van der Waals surface area contributed by atoms with Crippen molar-refractivity contribution < 1.29 is 17.3 Å². The van der Waals surface area contributed by atoms with E-state index >= 15 is 0 Å². The summed E-state index contributed by atoms with van der Waals surface area (Å²) in [4.78, 5) is 0.356. The molecular formula is C14H23IO4SSi. The molecular weight excluding hydrogens is 419 g/mol. The highest BCUT2D eigenvalue weighted by Gasteiger charge is 2.29. The van der Waals surface area contributed by atoms with Crippen LogP contribution in [0.25, 0.3) is 0 Å². The highest BCUT2D eigenvalue weighted by Crippen LogP contribution is 2.20. The highest BCUT2D eigenvalue weighted by atomic mass is 127. The van der Waals surface area contributed by atoms with Crippen LogP contribution in [-0.4, -0.2) is 30.2 Å². The topological polar surface area (TPSA) is 52.6 Å². The van der Waals surface area contributed by atoms with Gasteiger partial charge >= 0.3 is 8.56 Å². The lowest BCUT2D eigenvalue weighted by atomic mass is 10.1. The Morgan fingerprint density at radius 3 is 2.05 bits per heavy atom. The highest BCUT2D eigenvalue weighted by molar-refractivity contribution is 14.2. The van der Waals surface area contributed by atoms with Crippen LogP contribution in [0.2, 0.25) is 12.6 Å². The van der Waals surface area contributed by atoms with Crippen LogP contribution < -0.4 is 0 Å². The summed E-state index contributed by atoms with van der Waals surface area (Å²) >= 11 is 1.46. The van der Waals surface area contributed by atoms with Crippen LogP contribution in [0.5, 0.6) is 0 Å². The minimum Gasteiger partial charge on any atom is -0.395 e. The predicted octanol–water partition coefficient (Wildman–Crippen LogP) is 3.89. The van der Waals surface area contributed by atoms with Crippen LogP contribution in [0.1, 0.15) is 25.8 Å². The zero-order valence-electron chi connectivity index (χ0n) is 12.8. The summed E-state index contributed by atoms with van der Waals surface area (Å²) in [5, 5.41) is 0. The van der Waals surface area contributed by atoms with Gasteiger partial charge in [-0.15, -0.1) is 0 Å². The number of hydrogen-bond donors (Lipinski definition) is 0. The first-order valence-corrected chi connectivity index (χ1v) is 13.7. The standard InChI is InChI=1S/C14H23IO4SSi/c1-4-18-21(3,19-5-2)12-6-7-13-8-10-14(11-9-13)20(15,16)17/h8-11H,4-7,12H2,1-3H3. The largest absolute Gasteiger partial charge is 0.395 e. The second-order valence-electron chi connectivity index (χ2n) is 4.94. The van der Waals surface area contributed by atoms with Crippen molar-refractivity contribution in [2.45, 2.75) is 44.2 Å². The van der Waals surface area contributed by atoms with E-state index in [1.165, 1.54) is 21.2 Å². The maximum absolute atomic E-state index is 11.4. The number of aryl methyl sites for hydroxylation is 1. The van der Waals surface area contributed by atoms with Gasteiger partial charge < -0.3 is 8.85 Å². The minimum absolute atomic E-state index is 0.356. The molecule has 1 aromatic carbocycles. The Kier molecular flexibility index (Phi) is 7.83. The molecule has 0 N–H and O–H groups in total. The number of hydrogen-bond acceptors (Lipinski definition) is 4. The van der Waals surface area contributed by atoms with E-state index in [4.69, 9.17) is 8.85 Å². The predicted molar refractivity (Wildman–Crippen MR) is 95.6 cm³/mol. The molecule has 0 aliphatic carbocycles. The Morgan fingerprint density at radius 1 is 1.10 bits per heavy atom. The van der Waals surface area contributed by atoms with Gasteiger partial charge in [-0.1, -0.05) is 12.1 Å². The van der Waals surface area contributed by atoms with E-state index in [0.29, 0.717) is 18.1 Å². The molecule has 0 aliphatic rings. The van der Waals surface area contributed by atoms with Crippen LogP contribution in [0, 0.1) is 0 Å². The summed E-state index contributed by atoms with van der Waals surface area (Å²) in [7, 11) is -5.18. The lowest BCUT2D eigenvalue weighted by Gasteiger charge is -2.25. The molecule has 0 saturated heterocycles. The van der Waals surface area contributed by atoms with Crippen molar-refractivity contribution in [2.24, 2.45) is 0 Å². The maximum Gasteiger partial charge on any atom is 0.334 e. The van der Waals surface area contributed by atoms with Gasteiger partial charge in [0, 0.05) is 13.2 Å². The molecule has 0 amide bonds. The molecule has 7 heteroatoms. The van der Waals surface area contributed by atoms with Crippen molar-refractivity contribution >= 4 is 36.8 Å². The van der Waals surface area contributed by atoms with E-state index in [1.54, 1.807) is 12.1 Å². The monoisotopic (exact) mass is 442 g/mol. The Hall–Kier alpha value is 0.0369. The van der Waals surface area contributed by atoms with Gasteiger partial charge in [0.05, 0.1) is 26.1 Å². The van der Waals surface area contributed by atoms with Crippen molar-refractivity contribution in [2.75, 3.05) is 13.2 Å². The Bertz CT molecular complexity index is 524. The van der Waals surface area contributed by atoms with E-state index < -0.39 is 15.6 Å². The van der Waals surface area contributed by atoms with Crippen molar-refractivity contribution in [1.29, 1.82) is 0 Å². The molecule has 21 heavy (non-hydrogen) atoms. The Balaban J connectivity index is 2.55. The third kappa shape index (κ3) is 6.77. The first-order chi connectivity index (χ1) is 9.80. The van der Waals surface area contributed by atoms with Crippen LogP contribution in [0.3, 0.4) is 0 Å². The van der Waals surface area contributed by atoms with Crippen LogP contribution >= 0.6 is 21.2 Å². The van der Waals surface area contributed by atoms with E-state index in [2.05, 4.69) is 6.55 Å². The fourth-order valence-electron chi connectivity index (χ4n) is 2.23. The SMILES string of the molecule is CCO[Si](C)(CCCc1ccc(S(=O)(=O)I)cc1)OCC. The van der Waals surface area contributed by atoms with Crippen molar-refractivity contribution in [1.82, 2.24) is 0 Å². The average molecular weight is 442 g/mol. The van der Waals surface area contributed by atoms with Crippen LogP contribution in [0.4, 0.5) is 0 Å². The summed E-state index contributed by atoms with van der Waals surface area (Å²) in [5.74, 6) is 0. The molecule has 0 saturated carbocycles. The lowest BCUT2D eigenvalue weighted by Crippen LogP contribution is -2.38. The summed E-state index contributed by atoms with van der Waals surface area (Å²) in [6.07, 6.45) is 1.89. The summed E-state index contributed by atoms with van der Waals surface area (Å²) in [5.41, 5.74) is 1.14. The molecule has 0 heterocycles. The van der Waals surface area contributed by atoms with Gasteiger partial charge in [-0.05, 0) is 57.0 Å². The lowest BCUT2D eigenvalue weighted by molar-refractivity contribution is 0.188. The number of benzene rings is 1. The summed E-state index contributed by atoms with van der Waals surface area (Å²) in [6, 6.07) is 8.04. The second kappa shape index (κ2) is 8.61. The molecule has 0 radical (unpaired) electrons. The summed E-state index contributed by atoms with van der Waals surface area (Å²) in [6.45, 7) is 7.46. The molecule has 0 fully saturated rings. The minimum atomic E-state index is -3.14. The van der Waals surface area contributed by atoms with Crippen LogP contribution in [0.15, 0.2) is 29.2 Å². The summed E-state index contributed by atoms with van der Waals surface area (Å²) < 4.78 is 34.4. The first kappa shape index (κ1) is 19.1. The van der Waals surface area contributed by atoms with Gasteiger partial charge in [-0.2, -0.15) is 0 Å². The molecule has 0 aromatic heterocycles. The molecule has 0 bridgehead atoms.